The monoisotopic (exact) mass is 768 g/mol. The van der Waals surface area contributed by atoms with Crippen molar-refractivity contribution in [2.45, 2.75) is 0 Å². The first-order valence-electron chi connectivity index (χ1n) is 19.8. The highest BCUT2D eigenvalue weighted by atomic mass is 32.1. The second-order valence-electron chi connectivity index (χ2n) is 15.0. The first-order chi connectivity index (χ1) is 29.2. The molecule has 0 saturated carbocycles. The van der Waals surface area contributed by atoms with E-state index in [0.717, 1.165) is 60.8 Å². The second-order valence-corrected chi connectivity index (χ2v) is 16.1. The van der Waals surface area contributed by atoms with E-state index in [4.69, 9.17) is 19.9 Å². The van der Waals surface area contributed by atoms with Gasteiger partial charge in [-0.1, -0.05) is 152 Å². The summed E-state index contributed by atoms with van der Waals surface area (Å²) in [6.45, 7) is 0. The quantitative estimate of drug-likeness (QED) is 0.164. The number of hydrogen-bond donors (Lipinski definition) is 0. The van der Waals surface area contributed by atoms with Crippen molar-refractivity contribution in [3.05, 3.63) is 194 Å². The van der Waals surface area contributed by atoms with Crippen LogP contribution in [-0.4, -0.2) is 19.9 Å². The van der Waals surface area contributed by atoms with Gasteiger partial charge in [-0.05, 0) is 75.1 Å². The Morgan fingerprint density at radius 3 is 1.54 bits per heavy atom. The zero-order valence-electron chi connectivity index (χ0n) is 31.7. The molecule has 0 bridgehead atoms. The largest absolute Gasteiger partial charge is 0.247 e. The highest BCUT2D eigenvalue weighted by Crippen LogP contribution is 2.44. The van der Waals surface area contributed by atoms with Crippen molar-refractivity contribution in [1.29, 1.82) is 0 Å². The Kier molecular flexibility index (Phi) is 7.68. The number of aromatic nitrogens is 4. The van der Waals surface area contributed by atoms with Crippen molar-refractivity contribution >= 4 is 74.7 Å². The third kappa shape index (κ3) is 5.74. The predicted molar refractivity (Wildman–Crippen MR) is 248 cm³/mol. The summed E-state index contributed by atoms with van der Waals surface area (Å²) < 4.78 is 2.52. The van der Waals surface area contributed by atoms with Gasteiger partial charge in [0.2, 0.25) is 0 Å². The van der Waals surface area contributed by atoms with Crippen LogP contribution in [0.25, 0.3) is 120 Å². The lowest BCUT2D eigenvalue weighted by Gasteiger charge is -2.12. The molecule has 0 fully saturated rings. The molecular weight excluding hydrogens is 737 g/mol. The van der Waals surface area contributed by atoms with Gasteiger partial charge in [-0.3, -0.25) is 0 Å². The van der Waals surface area contributed by atoms with Gasteiger partial charge < -0.3 is 0 Å². The number of para-hydroxylation sites is 1. The Labute approximate surface area is 343 Å². The average Bonchev–Trinajstić information content (AvgIpc) is 3.69. The van der Waals surface area contributed by atoms with Gasteiger partial charge in [0, 0.05) is 58.6 Å². The van der Waals surface area contributed by atoms with Crippen LogP contribution < -0.4 is 0 Å². The summed E-state index contributed by atoms with van der Waals surface area (Å²) in [4.78, 5) is 20.6. The SMILES string of the molecule is c1ccc(-c2nc3ccccc3c3c2ccc2sc4ccc(-c5cccc(-c6nc(-c7ccc8ccccc8c7)nc(-c7ccc8ccccc8c7)n6)c5)cc4c23)cc1. The molecule has 0 spiro atoms. The third-order valence-electron chi connectivity index (χ3n) is 11.4. The molecule has 0 aliphatic heterocycles. The maximum absolute atomic E-state index is 5.21. The van der Waals surface area contributed by atoms with Crippen molar-refractivity contribution in [3.8, 4) is 56.5 Å². The minimum atomic E-state index is 0.633. The molecule has 0 aliphatic carbocycles. The Hall–Kier alpha value is -7.60. The summed E-state index contributed by atoms with van der Waals surface area (Å²) in [6, 6.07) is 68.7. The molecular formula is C54H32N4S. The van der Waals surface area contributed by atoms with Crippen LogP contribution in [0.2, 0.25) is 0 Å². The number of benzene rings is 9. The van der Waals surface area contributed by atoms with Gasteiger partial charge in [-0.15, -0.1) is 11.3 Å². The van der Waals surface area contributed by atoms with Crippen LogP contribution in [0.3, 0.4) is 0 Å². The van der Waals surface area contributed by atoms with E-state index >= 15 is 0 Å². The highest BCUT2D eigenvalue weighted by molar-refractivity contribution is 7.26. The van der Waals surface area contributed by atoms with Crippen LogP contribution in [0.4, 0.5) is 0 Å². The van der Waals surface area contributed by atoms with Crippen molar-refractivity contribution in [2.24, 2.45) is 0 Å². The van der Waals surface area contributed by atoms with Gasteiger partial charge >= 0.3 is 0 Å². The number of nitrogens with zero attached hydrogens (tertiary/aromatic N) is 4. The molecule has 4 nitrogen and oxygen atoms in total. The van der Waals surface area contributed by atoms with E-state index in [2.05, 4.69) is 194 Å². The van der Waals surface area contributed by atoms with Crippen LogP contribution in [0, 0.1) is 0 Å². The van der Waals surface area contributed by atoms with Crippen LogP contribution in [0.15, 0.2) is 194 Å². The van der Waals surface area contributed by atoms with E-state index in [9.17, 15) is 0 Å². The van der Waals surface area contributed by atoms with Crippen molar-refractivity contribution in [2.75, 3.05) is 0 Å². The first-order valence-corrected chi connectivity index (χ1v) is 20.6. The molecule has 0 unspecified atom stereocenters. The van der Waals surface area contributed by atoms with Crippen molar-refractivity contribution < 1.29 is 0 Å². The molecule has 3 aromatic heterocycles. The molecule has 3 heterocycles. The fraction of sp³-hybridized carbons (Fsp3) is 0. The topological polar surface area (TPSA) is 51.6 Å². The van der Waals surface area contributed by atoms with E-state index in [-0.39, 0.29) is 0 Å². The van der Waals surface area contributed by atoms with E-state index in [1.54, 1.807) is 0 Å². The zero-order valence-corrected chi connectivity index (χ0v) is 32.5. The number of pyridine rings is 1. The first kappa shape index (κ1) is 33.5. The van der Waals surface area contributed by atoms with Gasteiger partial charge in [-0.25, -0.2) is 19.9 Å². The smallest absolute Gasteiger partial charge is 0.164 e. The summed E-state index contributed by atoms with van der Waals surface area (Å²) in [6.07, 6.45) is 0. The number of hydrogen-bond acceptors (Lipinski definition) is 5. The molecule has 12 aromatic rings. The highest BCUT2D eigenvalue weighted by Gasteiger charge is 2.18. The lowest BCUT2D eigenvalue weighted by Crippen LogP contribution is -2.00. The Morgan fingerprint density at radius 1 is 0.288 bits per heavy atom. The van der Waals surface area contributed by atoms with Gasteiger partial charge in [0.05, 0.1) is 11.2 Å². The Morgan fingerprint density at radius 2 is 0.831 bits per heavy atom. The van der Waals surface area contributed by atoms with E-state index in [1.807, 2.05) is 11.3 Å². The molecule has 0 atom stereocenters. The van der Waals surface area contributed by atoms with Gasteiger partial charge in [0.15, 0.2) is 17.5 Å². The maximum atomic E-state index is 5.21. The summed E-state index contributed by atoms with van der Waals surface area (Å²) in [5.41, 5.74) is 8.18. The number of fused-ring (bicyclic) bond motifs is 9. The third-order valence-corrected chi connectivity index (χ3v) is 12.6. The Bertz CT molecular complexity index is 3530. The fourth-order valence-electron chi connectivity index (χ4n) is 8.56. The summed E-state index contributed by atoms with van der Waals surface area (Å²) >= 11 is 1.84. The predicted octanol–water partition coefficient (Wildman–Crippen LogP) is 14.6. The molecule has 9 aromatic carbocycles. The van der Waals surface area contributed by atoms with Gasteiger partial charge in [0.25, 0.3) is 0 Å². The van der Waals surface area contributed by atoms with Crippen LogP contribution in [0.5, 0.6) is 0 Å². The summed E-state index contributed by atoms with van der Waals surface area (Å²) in [5.74, 6) is 1.92. The minimum Gasteiger partial charge on any atom is -0.247 e. The molecule has 59 heavy (non-hydrogen) atoms. The van der Waals surface area contributed by atoms with Gasteiger partial charge in [0.1, 0.15) is 0 Å². The van der Waals surface area contributed by atoms with Crippen molar-refractivity contribution in [1.82, 2.24) is 19.9 Å². The lowest BCUT2D eigenvalue weighted by atomic mass is 9.95. The standard InChI is InChI=1S/C54H32N4S/c1-2-13-35(14-3-1)51-44-26-28-48-50(49(44)43-19-8-9-20-46(43)55-51)45-32-39(25-27-47(45)59-48)38-17-10-18-40(31-38)52-56-53(41-23-21-33-11-4-6-15-36(33)29-41)58-54(57-52)42-24-22-34-12-5-7-16-37(34)30-42/h1-32H. The zero-order chi connectivity index (χ0) is 38.9. The van der Waals surface area contributed by atoms with Crippen LogP contribution in [-0.2, 0) is 0 Å². The maximum Gasteiger partial charge on any atom is 0.164 e. The molecule has 0 amide bonds. The number of thiophene rings is 1. The second kappa shape index (κ2) is 13.5. The summed E-state index contributed by atoms with van der Waals surface area (Å²) in [5, 5.41) is 10.7. The average molecular weight is 769 g/mol. The molecule has 0 saturated heterocycles. The minimum absolute atomic E-state index is 0.633. The molecule has 5 heteroatoms. The van der Waals surface area contributed by atoms with E-state index < -0.39 is 0 Å². The van der Waals surface area contributed by atoms with E-state index in [0.29, 0.717) is 17.5 Å². The van der Waals surface area contributed by atoms with Crippen LogP contribution in [0.1, 0.15) is 0 Å². The number of rotatable bonds is 5. The molecule has 0 radical (unpaired) electrons. The molecule has 0 N–H and O–H groups in total. The molecule has 0 aliphatic rings. The molecule has 12 rings (SSSR count). The van der Waals surface area contributed by atoms with Crippen molar-refractivity contribution in [3.63, 3.8) is 0 Å². The lowest BCUT2D eigenvalue weighted by molar-refractivity contribution is 1.08. The summed E-state index contributed by atoms with van der Waals surface area (Å²) in [7, 11) is 0. The van der Waals surface area contributed by atoms with Crippen LogP contribution >= 0.6 is 11.3 Å². The van der Waals surface area contributed by atoms with E-state index in [1.165, 1.54) is 41.7 Å². The normalized spacial score (nSPS) is 11.7. The fourth-order valence-corrected chi connectivity index (χ4v) is 9.66. The van der Waals surface area contributed by atoms with Gasteiger partial charge in [-0.2, -0.15) is 0 Å². The molecule has 274 valence electrons. The Balaban J connectivity index is 1.03.